The molecule has 0 bridgehead atoms. The van der Waals surface area contributed by atoms with E-state index in [0.29, 0.717) is 5.02 Å². The maximum atomic E-state index is 11.0. The molecule has 14 heavy (non-hydrogen) atoms. The zero-order chi connectivity index (χ0) is 10.1. The zero-order valence-corrected chi connectivity index (χ0v) is 11.0. The molecule has 0 aromatic heterocycles. The van der Waals surface area contributed by atoms with Gasteiger partial charge in [-0.3, -0.25) is 9.36 Å². The van der Waals surface area contributed by atoms with Gasteiger partial charge >= 0.3 is 37.2 Å². The van der Waals surface area contributed by atoms with Gasteiger partial charge in [0.2, 0.25) is 0 Å². The van der Waals surface area contributed by atoms with Crippen LogP contribution in [0.15, 0.2) is 24.3 Å². The SMILES string of the molecule is O=C(c1ccc(Cl)cc1)P(=O)(O)O.[H-].[Na+]. The van der Waals surface area contributed by atoms with Crippen molar-refractivity contribution >= 4 is 24.7 Å². The summed E-state index contributed by atoms with van der Waals surface area (Å²) in [6.45, 7) is 0. The Kier molecular flexibility index (Phi) is 5.55. The molecule has 0 unspecified atom stereocenters. The summed E-state index contributed by atoms with van der Waals surface area (Å²) in [5, 5.41) is 0.405. The molecule has 0 saturated carbocycles. The fourth-order valence-electron chi connectivity index (χ4n) is 0.761. The van der Waals surface area contributed by atoms with E-state index < -0.39 is 13.1 Å². The quantitative estimate of drug-likeness (QED) is 0.505. The molecule has 0 heterocycles. The van der Waals surface area contributed by atoms with E-state index in [1.54, 1.807) is 0 Å². The number of rotatable bonds is 2. The normalized spacial score (nSPS) is 10.5. The molecule has 0 fully saturated rings. The first kappa shape index (κ1) is 14.3. The molecule has 0 aliphatic carbocycles. The van der Waals surface area contributed by atoms with Gasteiger partial charge in [-0.2, -0.15) is 0 Å². The number of carbonyl (C=O) groups excluding carboxylic acids is 1. The van der Waals surface area contributed by atoms with Crippen LogP contribution >= 0.6 is 19.2 Å². The van der Waals surface area contributed by atoms with Gasteiger partial charge < -0.3 is 11.2 Å². The number of hydrogen-bond acceptors (Lipinski definition) is 2. The van der Waals surface area contributed by atoms with E-state index in [1.807, 2.05) is 0 Å². The largest absolute Gasteiger partial charge is 1.00 e. The molecule has 0 amide bonds. The summed E-state index contributed by atoms with van der Waals surface area (Å²) in [5.74, 6) is 0. The Morgan fingerprint density at radius 3 is 2.07 bits per heavy atom. The summed E-state index contributed by atoms with van der Waals surface area (Å²) in [6.07, 6.45) is 0. The van der Waals surface area contributed by atoms with Crippen LogP contribution < -0.4 is 29.6 Å². The van der Waals surface area contributed by atoms with Crippen molar-refractivity contribution in [2.24, 2.45) is 0 Å². The number of benzene rings is 1. The molecule has 0 aliphatic heterocycles. The van der Waals surface area contributed by atoms with Crippen LogP contribution in [0.1, 0.15) is 11.8 Å². The molecule has 72 valence electrons. The molecule has 0 spiro atoms. The minimum atomic E-state index is -4.68. The Morgan fingerprint density at radius 1 is 1.29 bits per heavy atom. The first-order valence-corrected chi connectivity index (χ1v) is 5.26. The second-order valence-corrected chi connectivity index (χ2v) is 4.29. The van der Waals surface area contributed by atoms with E-state index in [9.17, 15) is 9.36 Å². The van der Waals surface area contributed by atoms with Crippen LogP contribution in [0.2, 0.25) is 5.02 Å². The summed E-state index contributed by atoms with van der Waals surface area (Å²) in [7, 11) is -4.68. The molecular formula is C7H7ClNaO4P. The van der Waals surface area contributed by atoms with Gasteiger partial charge in [0.1, 0.15) is 0 Å². The van der Waals surface area contributed by atoms with Gasteiger partial charge in [0.25, 0.3) is 5.52 Å². The van der Waals surface area contributed by atoms with Crippen molar-refractivity contribution in [1.29, 1.82) is 0 Å². The summed E-state index contributed by atoms with van der Waals surface area (Å²) in [4.78, 5) is 28.0. The Labute approximate surface area is 109 Å². The van der Waals surface area contributed by atoms with Gasteiger partial charge in [-0.1, -0.05) is 11.6 Å². The Morgan fingerprint density at radius 2 is 1.71 bits per heavy atom. The summed E-state index contributed by atoms with van der Waals surface area (Å²) < 4.78 is 10.5. The van der Waals surface area contributed by atoms with Crippen LogP contribution in [0.5, 0.6) is 0 Å². The van der Waals surface area contributed by atoms with Crippen molar-refractivity contribution in [2.45, 2.75) is 0 Å². The van der Waals surface area contributed by atoms with Crippen molar-refractivity contribution < 1.29 is 50.1 Å². The predicted octanol–water partition coefficient (Wildman–Crippen LogP) is -1.23. The molecule has 1 aromatic carbocycles. The summed E-state index contributed by atoms with van der Waals surface area (Å²) >= 11 is 5.53. The molecule has 0 saturated heterocycles. The standard InChI is InChI=1S/C7H6ClO4P.Na.H/c8-6-3-1-5(2-4-6)7(9)13(10,11)12;;/h1-4H,(H2,10,11,12);;/q;+1;-1. The van der Waals surface area contributed by atoms with Gasteiger partial charge in [-0.05, 0) is 24.3 Å². The molecular weight excluding hydrogens is 237 g/mol. The van der Waals surface area contributed by atoms with Crippen molar-refractivity contribution in [3.05, 3.63) is 34.9 Å². The smallest absolute Gasteiger partial charge is 1.00 e. The van der Waals surface area contributed by atoms with Crippen LogP contribution in [0.25, 0.3) is 0 Å². The molecule has 1 aromatic rings. The molecule has 0 radical (unpaired) electrons. The number of halogens is 1. The predicted molar refractivity (Wildman–Crippen MR) is 48.9 cm³/mol. The summed E-state index contributed by atoms with van der Waals surface area (Å²) in [5.41, 5.74) is -1.23. The zero-order valence-electron chi connectivity index (χ0n) is 8.35. The Bertz CT molecular complexity index is 377. The summed E-state index contributed by atoms with van der Waals surface area (Å²) in [6, 6.07) is 5.32. The molecule has 2 N–H and O–H groups in total. The molecule has 7 heteroatoms. The molecule has 0 atom stereocenters. The van der Waals surface area contributed by atoms with E-state index in [-0.39, 0.29) is 36.5 Å². The fraction of sp³-hybridized carbons (Fsp3) is 0. The first-order chi connectivity index (χ1) is 5.91. The molecule has 4 nitrogen and oxygen atoms in total. The Balaban J connectivity index is 0. The second-order valence-electron chi connectivity index (χ2n) is 2.36. The topological polar surface area (TPSA) is 74.6 Å². The van der Waals surface area contributed by atoms with Crippen LogP contribution in [0, 0.1) is 0 Å². The number of hydrogen-bond donors (Lipinski definition) is 2. The van der Waals surface area contributed by atoms with Crippen LogP contribution in [0.3, 0.4) is 0 Å². The van der Waals surface area contributed by atoms with Crippen LogP contribution in [0.4, 0.5) is 0 Å². The maximum Gasteiger partial charge on any atom is 1.00 e. The van der Waals surface area contributed by atoms with Gasteiger partial charge in [0.05, 0.1) is 0 Å². The van der Waals surface area contributed by atoms with Gasteiger partial charge in [0.15, 0.2) is 0 Å². The average Bonchev–Trinajstić information content (AvgIpc) is 2.03. The van der Waals surface area contributed by atoms with Gasteiger partial charge in [0, 0.05) is 10.6 Å². The van der Waals surface area contributed by atoms with Crippen LogP contribution in [-0.2, 0) is 4.57 Å². The maximum absolute atomic E-state index is 11.0. The van der Waals surface area contributed by atoms with Crippen LogP contribution in [-0.4, -0.2) is 15.3 Å². The van der Waals surface area contributed by atoms with Crippen molar-refractivity contribution in [3.8, 4) is 0 Å². The monoisotopic (exact) mass is 244 g/mol. The van der Waals surface area contributed by atoms with Gasteiger partial charge in [-0.15, -0.1) is 0 Å². The van der Waals surface area contributed by atoms with E-state index >= 15 is 0 Å². The van der Waals surface area contributed by atoms with E-state index in [1.165, 1.54) is 24.3 Å². The third-order valence-electron chi connectivity index (χ3n) is 1.36. The van der Waals surface area contributed by atoms with Gasteiger partial charge in [-0.25, -0.2) is 0 Å². The number of carbonyl (C=O) groups is 1. The molecule has 0 aliphatic rings. The molecule has 1 rings (SSSR count). The third-order valence-corrected chi connectivity index (χ3v) is 2.40. The van der Waals surface area contributed by atoms with Crippen molar-refractivity contribution in [3.63, 3.8) is 0 Å². The minimum absolute atomic E-state index is 0. The van der Waals surface area contributed by atoms with E-state index in [4.69, 9.17) is 21.4 Å². The fourth-order valence-corrected chi connectivity index (χ4v) is 1.37. The van der Waals surface area contributed by atoms with E-state index in [2.05, 4.69) is 0 Å². The Hall–Kier alpha value is 0.330. The van der Waals surface area contributed by atoms with Crippen molar-refractivity contribution in [1.82, 2.24) is 0 Å². The first-order valence-electron chi connectivity index (χ1n) is 3.27. The average molecular weight is 245 g/mol. The second kappa shape index (κ2) is 5.42. The minimum Gasteiger partial charge on any atom is -1.00 e. The van der Waals surface area contributed by atoms with Crippen molar-refractivity contribution in [2.75, 3.05) is 0 Å². The third kappa shape index (κ3) is 3.83. The van der Waals surface area contributed by atoms with E-state index in [0.717, 1.165) is 0 Å².